The predicted molar refractivity (Wildman–Crippen MR) is 175 cm³/mol. The van der Waals surface area contributed by atoms with E-state index in [1.54, 1.807) is 11.8 Å². The van der Waals surface area contributed by atoms with Crippen molar-refractivity contribution in [3.05, 3.63) is 76.5 Å². The average molecular weight is 635 g/mol. The van der Waals surface area contributed by atoms with E-state index < -0.39 is 11.0 Å². The minimum absolute atomic E-state index is 0.0241. The van der Waals surface area contributed by atoms with Crippen molar-refractivity contribution in [2.75, 3.05) is 18.0 Å². The van der Waals surface area contributed by atoms with Gasteiger partial charge in [0, 0.05) is 36.6 Å². The molecule has 7 nitrogen and oxygen atoms in total. The number of pyridine rings is 1. The van der Waals surface area contributed by atoms with Crippen LogP contribution in [-0.4, -0.2) is 41.4 Å². The number of hydrogen-bond donors (Lipinski definition) is 1. The quantitative estimate of drug-likeness (QED) is 0.233. The lowest BCUT2D eigenvalue weighted by molar-refractivity contribution is 0.177. The molecule has 226 valence electrons. The molecule has 1 aromatic carbocycles. The number of anilines is 1. The number of aromatic nitrogens is 4. The van der Waals surface area contributed by atoms with Crippen LogP contribution < -0.4 is 9.62 Å². The second-order valence-corrected chi connectivity index (χ2v) is 16.9. The minimum Gasteiger partial charge on any atom is -0.342 e. The standard InChI is InChI=1S/C33H39ClN6OS2/c1-21-28(42-26-11-14-35-25(27(26)34)19-22-9-10-22)30-36-15-18-40(30)31(37-21)39-16-12-33(13-17-39)20-23-7-5-6-8-24(23)29(33)38-43(41)32(2,3)4/h5-8,11,14-15,18,22,29,38H,9-10,12-13,16-17,19-20H2,1-4H3/t29-,43?/m1/s1. The van der Waals surface area contributed by atoms with Crippen molar-refractivity contribution in [3.8, 4) is 0 Å². The van der Waals surface area contributed by atoms with E-state index >= 15 is 0 Å². The van der Waals surface area contributed by atoms with E-state index in [0.29, 0.717) is 0 Å². The molecule has 0 amide bonds. The van der Waals surface area contributed by atoms with Crippen molar-refractivity contribution >= 4 is 45.9 Å². The van der Waals surface area contributed by atoms with Crippen LogP contribution in [-0.2, 0) is 23.8 Å². The van der Waals surface area contributed by atoms with Gasteiger partial charge in [-0.05, 0) is 94.7 Å². The van der Waals surface area contributed by atoms with Gasteiger partial charge in [-0.3, -0.25) is 9.38 Å². The van der Waals surface area contributed by atoms with Crippen molar-refractivity contribution in [3.63, 3.8) is 0 Å². The number of aryl methyl sites for hydroxylation is 1. The summed E-state index contributed by atoms with van der Waals surface area (Å²) in [6.07, 6.45) is 12.2. The van der Waals surface area contributed by atoms with Gasteiger partial charge in [-0.1, -0.05) is 47.6 Å². The fourth-order valence-corrected chi connectivity index (χ4v) is 8.90. The molecule has 43 heavy (non-hydrogen) atoms. The Morgan fingerprint density at radius 3 is 2.63 bits per heavy atom. The molecule has 10 heteroatoms. The van der Waals surface area contributed by atoms with Gasteiger partial charge in [0.2, 0.25) is 5.95 Å². The third kappa shape index (κ3) is 5.51. The second kappa shape index (κ2) is 11.2. The number of nitrogens with zero attached hydrogens (tertiary/aromatic N) is 5. The lowest BCUT2D eigenvalue weighted by atomic mass is 9.73. The maximum Gasteiger partial charge on any atom is 0.211 e. The van der Waals surface area contributed by atoms with E-state index in [0.717, 1.165) is 82.5 Å². The Kier molecular flexibility index (Phi) is 7.60. The van der Waals surface area contributed by atoms with Crippen molar-refractivity contribution in [2.24, 2.45) is 11.3 Å². The van der Waals surface area contributed by atoms with Crippen LogP contribution in [0.5, 0.6) is 0 Å². The van der Waals surface area contributed by atoms with E-state index in [1.165, 1.54) is 24.0 Å². The van der Waals surface area contributed by atoms with E-state index in [2.05, 4.69) is 50.2 Å². The number of benzene rings is 1. The molecule has 0 radical (unpaired) electrons. The number of imidazole rings is 1. The van der Waals surface area contributed by atoms with Crippen LogP contribution in [0.25, 0.3) is 5.65 Å². The molecule has 2 aliphatic carbocycles. The minimum atomic E-state index is -1.15. The highest BCUT2D eigenvalue weighted by Crippen LogP contribution is 2.53. The van der Waals surface area contributed by atoms with E-state index in [9.17, 15) is 4.21 Å². The highest BCUT2D eigenvalue weighted by molar-refractivity contribution is 7.99. The van der Waals surface area contributed by atoms with Gasteiger partial charge in [0.1, 0.15) is 0 Å². The Morgan fingerprint density at radius 2 is 1.88 bits per heavy atom. The number of piperidine rings is 1. The summed E-state index contributed by atoms with van der Waals surface area (Å²) in [4.78, 5) is 18.9. The third-order valence-electron chi connectivity index (χ3n) is 9.32. The van der Waals surface area contributed by atoms with E-state index in [4.69, 9.17) is 21.6 Å². The van der Waals surface area contributed by atoms with Gasteiger partial charge in [-0.25, -0.2) is 18.9 Å². The number of halogens is 1. The zero-order chi connectivity index (χ0) is 29.9. The molecular weight excluding hydrogens is 596 g/mol. The molecule has 2 fully saturated rings. The lowest BCUT2D eigenvalue weighted by Gasteiger charge is -2.44. The molecule has 1 N–H and O–H groups in total. The first-order valence-electron chi connectivity index (χ1n) is 15.3. The van der Waals surface area contributed by atoms with Gasteiger partial charge in [0.25, 0.3) is 0 Å². The smallest absolute Gasteiger partial charge is 0.211 e. The molecule has 2 atom stereocenters. The molecule has 1 saturated carbocycles. The van der Waals surface area contributed by atoms with Gasteiger partial charge in [0.05, 0.1) is 43.1 Å². The van der Waals surface area contributed by atoms with Crippen LogP contribution in [0.15, 0.2) is 58.7 Å². The Hall–Kier alpha value is -2.46. The fourth-order valence-electron chi connectivity index (χ4n) is 6.66. The molecule has 4 heterocycles. The Balaban J connectivity index is 1.15. The molecule has 3 aromatic heterocycles. The summed E-state index contributed by atoms with van der Waals surface area (Å²) in [5.74, 6) is 1.65. The molecule has 1 aliphatic heterocycles. The monoisotopic (exact) mass is 634 g/mol. The van der Waals surface area contributed by atoms with Crippen molar-refractivity contribution < 1.29 is 4.21 Å². The van der Waals surface area contributed by atoms with Gasteiger partial charge >= 0.3 is 0 Å². The molecule has 1 unspecified atom stereocenters. The summed E-state index contributed by atoms with van der Waals surface area (Å²) in [6, 6.07) is 10.8. The summed E-state index contributed by atoms with van der Waals surface area (Å²) in [5, 5.41) is 0.752. The van der Waals surface area contributed by atoms with E-state index in [1.807, 2.05) is 45.4 Å². The predicted octanol–water partition coefficient (Wildman–Crippen LogP) is 7.13. The number of nitrogens with one attached hydrogen (secondary N) is 1. The first-order valence-corrected chi connectivity index (χ1v) is 17.6. The van der Waals surface area contributed by atoms with Crippen LogP contribution in [0.2, 0.25) is 5.02 Å². The Labute approximate surface area is 265 Å². The van der Waals surface area contributed by atoms with Crippen LogP contribution in [0.1, 0.15) is 75.0 Å². The topological polar surface area (TPSA) is 75.4 Å². The number of fused-ring (bicyclic) bond motifs is 2. The summed E-state index contributed by atoms with van der Waals surface area (Å²) in [7, 11) is -1.15. The maximum atomic E-state index is 13.3. The van der Waals surface area contributed by atoms with Crippen molar-refractivity contribution in [1.29, 1.82) is 0 Å². The average Bonchev–Trinajstić information content (AvgIpc) is 3.57. The van der Waals surface area contributed by atoms with Gasteiger partial charge in [-0.15, -0.1) is 0 Å². The van der Waals surface area contributed by atoms with Gasteiger partial charge in [-0.2, -0.15) is 0 Å². The first-order chi connectivity index (χ1) is 20.6. The summed E-state index contributed by atoms with van der Waals surface area (Å²) in [6.45, 7) is 9.93. The number of hydrogen-bond acceptors (Lipinski definition) is 6. The molecule has 4 aromatic rings. The molecule has 7 rings (SSSR count). The van der Waals surface area contributed by atoms with Crippen molar-refractivity contribution in [2.45, 2.75) is 86.8 Å². The maximum absolute atomic E-state index is 13.3. The molecule has 3 aliphatic rings. The van der Waals surface area contributed by atoms with Crippen LogP contribution in [0.4, 0.5) is 5.95 Å². The first kappa shape index (κ1) is 29.3. The summed E-state index contributed by atoms with van der Waals surface area (Å²) in [5.41, 5.74) is 5.54. The molecule has 1 saturated heterocycles. The van der Waals surface area contributed by atoms with Crippen molar-refractivity contribution in [1.82, 2.24) is 24.1 Å². The second-order valence-electron chi connectivity index (χ2n) is 13.4. The highest BCUT2D eigenvalue weighted by Gasteiger charge is 2.49. The number of rotatable bonds is 7. The summed E-state index contributed by atoms with van der Waals surface area (Å²) < 4.78 is 18.7. The molecular formula is C33H39ClN6OS2. The van der Waals surface area contributed by atoms with Crippen LogP contribution >= 0.6 is 23.4 Å². The third-order valence-corrected chi connectivity index (χ3v) is 12.7. The fraction of sp³-hybridized carbons (Fsp3) is 0.485. The SMILES string of the molecule is Cc1nc(N2CCC3(CC2)Cc2ccccc2[C@H]3NS(=O)C(C)(C)C)n2ccnc2c1Sc1ccnc(CC2CC2)c1Cl. The largest absolute Gasteiger partial charge is 0.342 e. The normalized spacial score (nSPS) is 20.6. The van der Waals surface area contributed by atoms with E-state index in [-0.39, 0.29) is 16.2 Å². The zero-order valence-corrected chi connectivity index (χ0v) is 27.7. The zero-order valence-electron chi connectivity index (χ0n) is 25.3. The van der Waals surface area contributed by atoms with Gasteiger partial charge in [0.15, 0.2) is 5.65 Å². The Morgan fingerprint density at radius 1 is 1.12 bits per heavy atom. The highest BCUT2D eigenvalue weighted by atomic mass is 35.5. The lowest BCUT2D eigenvalue weighted by Crippen LogP contribution is -2.48. The van der Waals surface area contributed by atoms with Crippen LogP contribution in [0, 0.1) is 18.3 Å². The van der Waals surface area contributed by atoms with Crippen LogP contribution in [0.3, 0.4) is 0 Å². The van der Waals surface area contributed by atoms with Gasteiger partial charge < -0.3 is 4.90 Å². The summed E-state index contributed by atoms with van der Waals surface area (Å²) >= 11 is 8.49. The molecule has 0 bridgehead atoms. The Bertz CT molecular complexity index is 1700. The molecule has 1 spiro atoms.